The molecule has 0 fully saturated rings. The van der Waals surface area contributed by atoms with Crippen molar-refractivity contribution in [2.24, 2.45) is 0 Å². The number of rotatable bonds is 0. The van der Waals surface area contributed by atoms with Gasteiger partial charge in [0.1, 0.15) is 0 Å². The molecule has 0 aliphatic heterocycles. The van der Waals surface area contributed by atoms with Gasteiger partial charge in [0.25, 0.3) is 0 Å². The Kier molecular flexibility index (Phi) is 1980. The van der Waals surface area contributed by atoms with Crippen molar-refractivity contribution in [3.05, 3.63) is 7.43 Å². The van der Waals surface area contributed by atoms with Crippen LogP contribution in [0.3, 0.4) is 0 Å². The zero-order valence-corrected chi connectivity index (χ0v) is 7.54. The van der Waals surface area contributed by atoms with Gasteiger partial charge in [-0.05, 0) is 0 Å². The van der Waals surface area contributed by atoms with Crippen LogP contribution in [0.4, 0.5) is 0 Å². The van der Waals surface area contributed by atoms with Gasteiger partial charge in [0.05, 0.1) is 0 Å². The molecule has 0 nitrogen and oxygen atoms in total. The fourth-order valence-electron chi connectivity index (χ4n) is 0. The second-order valence-electron chi connectivity index (χ2n) is 0. The first-order valence-corrected chi connectivity index (χ1v) is 2.12. The number of hydrogen-bond donors (Lipinski definition) is 0. The van der Waals surface area contributed by atoms with Crippen molar-refractivity contribution in [1.29, 1.82) is 0 Å². The molecule has 0 aliphatic carbocycles. The van der Waals surface area contributed by atoms with E-state index in [4.69, 9.17) is 0 Å². The predicted molar refractivity (Wildman–Crippen MR) is 41.0 cm³/mol. The zero-order valence-electron chi connectivity index (χ0n) is 3.28. The Hall–Kier alpha value is 1.32. The maximum absolute atomic E-state index is 2.03. The Labute approximate surface area is 78.8 Å². The monoisotopic (exact) mass is 197 g/mol. The molecule has 0 rings (SSSR count). The predicted octanol–water partition coefficient (Wildman–Crippen LogP) is 2.02. The molecule has 48 valence electrons. The largest absolute Gasteiger partial charge is 0.358 e. The topological polar surface area (TPSA) is 0 Å². The molecule has 2 radical (unpaired) electrons. The molecule has 7 heavy (non-hydrogen) atoms. The minimum absolute atomic E-state index is 0. The van der Waals surface area contributed by atoms with Crippen LogP contribution in [0.15, 0.2) is 0 Å². The van der Waals surface area contributed by atoms with Crippen LogP contribution in [0.2, 0.25) is 6.55 Å². The van der Waals surface area contributed by atoms with Crippen LogP contribution >= 0.6 is 0 Å². The minimum Gasteiger partial charge on any atom is -0.358 e. The Morgan fingerprint density at radius 1 is 0.857 bits per heavy atom. The fraction of sp³-hybridized carbons (Fsp3) is 0.800. The summed E-state index contributed by atoms with van der Waals surface area (Å²) >= 11 is 0. The van der Waals surface area contributed by atoms with Crippen molar-refractivity contribution in [3.8, 4) is 0 Å². The summed E-state index contributed by atoms with van der Waals surface area (Å²) in [5.74, 6) is 0. The second-order valence-corrected chi connectivity index (χ2v) is 0. The van der Waals surface area contributed by atoms with Crippen LogP contribution in [0.1, 0.15) is 22.3 Å². The van der Waals surface area contributed by atoms with Crippen molar-refractivity contribution >= 4 is 10.2 Å². The van der Waals surface area contributed by atoms with E-state index in [-0.39, 0.29) is 62.4 Å². The number of hydrogen-bond acceptors (Lipinski definition) is 0. The van der Waals surface area contributed by atoms with Crippen molar-refractivity contribution < 1.29 is 32.7 Å². The molecule has 0 N–H and O–H groups in total. The van der Waals surface area contributed by atoms with Crippen LogP contribution in [-0.2, 0) is 32.7 Å². The summed E-state index contributed by atoms with van der Waals surface area (Å²) < 4.78 is 0. The van der Waals surface area contributed by atoms with Crippen LogP contribution < -0.4 is 0 Å². The molecule has 0 atom stereocenters. The molecule has 0 heterocycles. The Morgan fingerprint density at radius 3 is 0.857 bits per heavy atom. The molecule has 0 bridgehead atoms. The molecule has 0 saturated carbocycles. The molecular weight excluding hydrogens is 177 g/mol. The molecule has 0 amide bonds. The van der Waals surface area contributed by atoms with E-state index < -0.39 is 0 Å². The first kappa shape index (κ1) is 82.8. The maximum Gasteiger partial charge on any atom is 0.00452 e. The summed E-state index contributed by atoms with van der Waals surface area (Å²) in [4.78, 5) is 0. The maximum atomic E-state index is 2.03. The third kappa shape index (κ3) is 119. The third-order valence-electron chi connectivity index (χ3n) is 0. The van der Waals surface area contributed by atoms with Crippen LogP contribution in [0, 0.1) is 7.43 Å². The molecular formula is C5H20SiY-. The van der Waals surface area contributed by atoms with Crippen molar-refractivity contribution in [2.45, 2.75) is 28.8 Å². The normalized spacial score (nSPS) is 0.857. The molecule has 2 heteroatoms. The molecule has 0 aromatic rings. The van der Waals surface area contributed by atoms with E-state index in [1.54, 1.807) is 0 Å². The summed E-state index contributed by atoms with van der Waals surface area (Å²) in [6.45, 7) is 2.03. The molecule has 0 spiro atoms. The summed E-state index contributed by atoms with van der Waals surface area (Å²) in [5.41, 5.74) is 0. The first-order valence-electron chi connectivity index (χ1n) is 0.707. The van der Waals surface area contributed by atoms with E-state index in [2.05, 4.69) is 0 Å². The average molecular weight is 197 g/mol. The van der Waals surface area contributed by atoms with Gasteiger partial charge in [0.2, 0.25) is 0 Å². The van der Waals surface area contributed by atoms with Crippen LogP contribution in [0.25, 0.3) is 0 Å². The minimum atomic E-state index is 0. The molecule has 0 saturated heterocycles. The van der Waals surface area contributed by atoms with Gasteiger partial charge in [-0.2, -0.15) is 0 Å². The molecule has 0 aliphatic rings. The van der Waals surface area contributed by atoms with E-state index in [1.165, 1.54) is 0 Å². The van der Waals surface area contributed by atoms with Gasteiger partial charge in [0, 0.05) is 43.0 Å². The van der Waals surface area contributed by atoms with Crippen LogP contribution in [0.5, 0.6) is 0 Å². The fourth-order valence-corrected chi connectivity index (χ4v) is 0. The summed E-state index contributed by atoms with van der Waals surface area (Å²) in [6, 6.07) is 0. The van der Waals surface area contributed by atoms with Gasteiger partial charge in [0.15, 0.2) is 0 Å². The molecule has 0 aromatic heterocycles. The SMILES string of the molecule is C.C.C.C[SiH2].[CH3-].[Y]. The van der Waals surface area contributed by atoms with E-state index in [0.29, 0.717) is 0 Å². The third-order valence-corrected chi connectivity index (χ3v) is 0. The Morgan fingerprint density at radius 2 is 0.857 bits per heavy atom. The van der Waals surface area contributed by atoms with E-state index in [0.717, 1.165) is 0 Å². The van der Waals surface area contributed by atoms with Gasteiger partial charge in [-0.1, -0.05) is 28.8 Å². The standard InChI is InChI=1S/CH5Si.3CH4.CH3.Y/c1-2;;;;;/h2H2,1H3;3*1H4;1H3;/q;;;;-1;. The van der Waals surface area contributed by atoms with Crippen molar-refractivity contribution in [2.75, 3.05) is 0 Å². The van der Waals surface area contributed by atoms with E-state index >= 15 is 0 Å². The van der Waals surface area contributed by atoms with Gasteiger partial charge in [-0.15, -0.1) is 0 Å². The van der Waals surface area contributed by atoms with Crippen molar-refractivity contribution in [1.82, 2.24) is 0 Å². The second kappa shape index (κ2) is 168. The van der Waals surface area contributed by atoms with Crippen LogP contribution in [-0.4, -0.2) is 10.2 Å². The summed E-state index contributed by atoms with van der Waals surface area (Å²) in [6.07, 6.45) is 0. The quantitative estimate of drug-likeness (QED) is 0.411. The smallest absolute Gasteiger partial charge is 0.00452 e. The Bertz CT molecular complexity index is 8.04. The van der Waals surface area contributed by atoms with Crippen molar-refractivity contribution in [3.63, 3.8) is 0 Å². The van der Waals surface area contributed by atoms with Gasteiger partial charge < -0.3 is 7.43 Å². The molecule has 0 unspecified atom stereocenters. The summed E-state index contributed by atoms with van der Waals surface area (Å²) in [5, 5.41) is 0. The van der Waals surface area contributed by atoms with E-state index in [9.17, 15) is 0 Å². The van der Waals surface area contributed by atoms with E-state index in [1.807, 2.05) is 16.8 Å². The van der Waals surface area contributed by atoms with Gasteiger partial charge in [-0.25, -0.2) is 0 Å². The summed E-state index contributed by atoms with van der Waals surface area (Å²) in [7, 11) is 1.86. The Balaban J connectivity index is -0.000000000500. The van der Waals surface area contributed by atoms with Gasteiger partial charge in [-0.3, -0.25) is 0 Å². The van der Waals surface area contributed by atoms with Gasteiger partial charge >= 0.3 is 0 Å². The average Bonchev–Trinajstić information content (AvgIpc) is 1.00. The molecule has 0 aromatic carbocycles. The zero-order chi connectivity index (χ0) is 2.00. The first-order chi connectivity index (χ1) is 1.00.